The standard InChI is InChI=1S/C12H15BrN2O/c1-8(7-13)9(2)15-12-10-4-6-16-11(10)3-5-14-12/h3-6,8-9H,7H2,1-2H3,(H,14,15). The third-order valence-corrected chi connectivity index (χ3v) is 3.86. The lowest BCUT2D eigenvalue weighted by atomic mass is 10.1. The summed E-state index contributed by atoms with van der Waals surface area (Å²) >= 11 is 3.49. The van der Waals surface area contributed by atoms with Crippen molar-refractivity contribution < 1.29 is 4.42 Å². The van der Waals surface area contributed by atoms with Gasteiger partial charge in [0.25, 0.3) is 0 Å². The van der Waals surface area contributed by atoms with Crippen molar-refractivity contribution in [2.75, 3.05) is 10.6 Å². The average molecular weight is 283 g/mol. The van der Waals surface area contributed by atoms with E-state index < -0.39 is 0 Å². The van der Waals surface area contributed by atoms with E-state index in [9.17, 15) is 0 Å². The van der Waals surface area contributed by atoms with Crippen LogP contribution in [0.15, 0.2) is 29.0 Å². The van der Waals surface area contributed by atoms with Gasteiger partial charge in [-0.15, -0.1) is 0 Å². The van der Waals surface area contributed by atoms with Crippen molar-refractivity contribution in [1.29, 1.82) is 0 Å². The van der Waals surface area contributed by atoms with Crippen LogP contribution in [0.4, 0.5) is 5.82 Å². The fourth-order valence-electron chi connectivity index (χ4n) is 1.50. The van der Waals surface area contributed by atoms with Gasteiger partial charge < -0.3 is 9.73 Å². The predicted octanol–water partition coefficient (Wildman–Crippen LogP) is 3.66. The smallest absolute Gasteiger partial charge is 0.139 e. The van der Waals surface area contributed by atoms with Gasteiger partial charge in [-0.3, -0.25) is 0 Å². The molecule has 0 saturated carbocycles. The third kappa shape index (κ3) is 2.21. The van der Waals surface area contributed by atoms with Crippen LogP contribution >= 0.6 is 15.9 Å². The van der Waals surface area contributed by atoms with Gasteiger partial charge in [-0.25, -0.2) is 4.98 Å². The highest BCUT2D eigenvalue weighted by molar-refractivity contribution is 9.09. The predicted molar refractivity (Wildman–Crippen MR) is 70.1 cm³/mol. The molecule has 16 heavy (non-hydrogen) atoms. The molecule has 0 bridgehead atoms. The molecular weight excluding hydrogens is 268 g/mol. The summed E-state index contributed by atoms with van der Waals surface area (Å²) in [5.41, 5.74) is 0.871. The molecule has 0 fully saturated rings. The number of pyridine rings is 1. The number of hydrogen-bond donors (Lipinski definition) is 1. The zero-order valence-corrected chi connectivity index (χ0v) is 11.0. The summed E-state index contributed by atoms with van der Waals surface area (Å²) in [6.07, 6.45) is 3.45. The quantitative estimate of drug-likeness (QED) is 0.870. The van der Waals surface area contributed by atoms with Gasteiger partial charge in [0, 0.05) is 17.6 Å². The first kappa shape index (κ1) is 11.5. The highest BCUT2D eigenvalue weighted by Crippen LogP contribution is 2.23. The minimum absolute atomic E-state index is 0.368. The number of anilines is 1. The number of furan rings is 1. The Morgan fingerprint density at radius 3 is 3.00 bits per heavy atom. The zero-order valence-electron chi connectivity index (χ0n) is 9.40. The van der Waals surface area contributed by atoms with Gasteiger partial charge >= 0.3 is 0 Å². The second-order valence-corrected chi connectivity index (χ2v) is 4.70. The van der Waals surface area contributed by atoms with Crippen molar-refractivity contribution in [1.82, 2.24) is 4.98 Å². The molecule has 2 heterocycles. The fourth-order valence-corrected chi connectivity index (χ4v) is 2.06. The summed E-state index contributed by atoms with van der Waals surface area (Å²) in [6.45, 7) is 4.36. The Hall–Kier alpha value is -1.03. The third-order valence-electron chi connectivity index (χ3n) is 2.84. The number of halogens is 1. The van der Waals surface area contributed by atoms with Crippen LogP contribution in [-0.2, 0) is 0 Å². The Balaban J connectivity index is 2.23. The van der Waals surface area contributed by atoms with Crippen LogP contribution in [-0.4, -0.2) is 16.4 Å². The molecule has 2 atom stereocenters. The van der Waals surface area contributed by atoms with Crippen molar-refractivity contribution >= 4 is 32.7 Å². The molecule has 2 aromatic rings. The summed E-state index contributed by atoms with van der Waals surface area (Å²) in [5.74, 6) is 1.44. The van der Waals surface area contributed by atoms with Crippen molar-refractivity contribution in [3.8, 4) is 0 Å². The van der Waals surface area contributed by atoms with Gasteiger partial charge in [0.1, 0.15) is 11.4 Å². The lowest BCUT2D eigenvalue weighted by molar-refractivity contribution is 0.571. The van der Waals surface area contributed by atoms with E-state index in [1.807, 2.05) is 12.1 Å². The molecular formula is C12H15BrN2O. The van der Waals surface area contributed by atoms with Gasteiger partial charge in [0.2, 0.25) is 0 Å². The highest BCUT2D eigenvalue weighted by Gasteiger charge is 2.13. The molecule has 0 saturated heterocycles. The van der Waals surface area contributed by atoms with Gasteiger partial charge in [-0.2, -0.15) is 0 Å². The summed E-state index contributed by atoms with van der Waals surface area (Å²) in [6, 6.07) is 4.18. The van der Waals surface area contributed by atoms with Crippen LogP contribution in [0.3, 0.4) is 0 Å². The maximum absolute atomic E-state index is 5.34. The molecule has 0 aliphatic heterocycles. The van der Waals surface area contributed by atoms with Crippen LogP contribution in [0.1, 0.15) is 13.8 Å². The largest absolute Gasteiger partial charge is 0.464 e. The Labute approximate surface area is 103 Å². The van der Waals surface area contributed by atoms with Crippen molar-refractivity contribution in [3.63, 3.8) is 0 Å². The molecule has 2 aromatic heterocycles. The molecule has 0 radical (unpaired) electrons. The van der Waals surface area contributed by atoms with E-state index in [4.69, 9.17) is 4.42 Å². The van der Waals surface area contributed by atoms with Crippen molar-refractivity contribution in [3.05, 3.63) is 24.6 Å². The van der Waals surface area contributed by atoms with E-state index in [-0.39, 0.29) is 0 Å². The highest BCUT2D eigenvalue weighted by atomic mass is 79.9. The van der Waals surface area contributed by atoms with Gasteiger partial charge in [0.15, 0.2) is 0 Å². The molecule has 3 nitrogen and oxygen atoms in total. The summed E-state index contributed by atoms with van der Waals surface area (Å²) in [5, 5.41) is 5.43. The summed E-state index contributed by atoms with van der Waals surface area (Å²) < 4.78 is 5.34. The van der Waals surface area contributed by atoms with Crippen LogP contribution in [0.25, 0.3) is 11.0 Å². The molecule has 0 aliphatic rings. The topological polar surface area (TPSA) is 38.1 Å². The fraction of sp³-hybridized carbons (Fsp3) is 0.417. The van der Waals surface area contributed by atoms with Crippen LogP contribution in [0, 0.1) is 5.92 Å². The average Bonchev–Trinajstić information content (AvgIpc) is 2.77. The van der Waals surface area contributed by atoms with Crippen LogP contribution < -0.4 is 5.32 Å². The van der Waals surface area contributed by atoms with Crippen molar-refractivity contribution in [2.45, 2.75) is 19.9 Å². The lowest BCUT2D eigenvalue weighted by Crippen LogP contribution is -2.25. The molecule has 0 amide bonds. The van der Waals surface area contributed by atoms with Crippen LogP contribution in [0.2, 0.25) is 0 Å². The molecule has 0 aromatic carbocycles. The van der Waals surface area contributed by atoms with Crippen LogP contribution in [0.5, 0.6) is 0 Å². The lowest BCUT2D eigenvalue weighted by Gasteiger charge is -2.20. The number of nitrogens with one attached hydrogen (secondary N) is 1. The SMILES string of the molecule is CC(CBr)C(C)Nc1nccc2occc12. The number of aromatic nitrogens is 1. The Morgan fingerprint density at radius 1 is 1.44 bits per heavy atom. The maximum Gasteiger partial charge on any atom is 0.139 e. The number of rotatable bonds is 4. The molecule has 2 rings (SSSR count). The van der Waals surface area contributed by atoms with E-state index in [1.54, 1.807) is 12.5 Å². The van der Waals surface area contributed by atoms with E-state index in [2.05, 4.69) is 40.1 Å². The van der Waals surface area contributed by atoms with E-state index in [0.717, 1.165) is 22.1 Å². The van der Waals surface area contributed by atoms with Crippen molar-refractivity contribution in [2.24, 2.45) is 5.92 Å². The van der Waals surface area contributed by atoms with Gasteiger partial charge in [-0.1, -0.05) is 22.9 Å². The molecule has 0 spiro atoms. The van der Waals surface area contributed by atoms with E-state index in [1.165, 1.54) is 0 Å². The van der Waals surface area contributed by atoms with Gasteiger partial charge in [0.05, 0.1) is 11.6 Å². The number of fused-ring (bicyclic) bond motifs is 1. The second kappa shape index (κ2) is 4.87. The minimum atomic E-state index is 0.368. The first-order valence-electron chi connectivity index (χ1n) is 5.37. The maximum atomic E-state index is 5.34. The zero-order chi connectivity index (χ0) is 11.5. The second-order valence-electron chi connectivity index (χ2n) is 4.06. The minimum Gasteiger partial charge on any atom is -0.464 e. The molecule has 4 heteroatoms. The summed E-state index contributed by atoms with van der Waals surface area (Å²) in [7, 11) is 0. The Morgan fingerprint density at radius 2 is 2.25 bits per heavy atom. The number of hydrogen-bond acceptors (Lipinski definition) is 3. The number of alkyl halides is 1. The first-order valence-corrected chi connectivity index (χ1v) is 6.49. The molecule has 86 valence electrons. The van der Waals surface area contributed by atoms with E-state index in [0.29, 0.717) is 12.0 Å². The molecule has 1 N–H and O–H groups in total. The first-order chi connectivity index (χ1) is 7.72. The summed E-state index contributed by atoms with van der Waals surface area (Å²) in [4.78, 5) is 4.35. The molecule has 0 aliphatic carbocycles. The van der Waals surface area contributed by atoms with Gasteiger partial charge in [-0.05, 0) is 25.0 Å². The van der Waals surface area contributed by atoms with E-state index >= 15 is 0 Å². The monoisotopic (exact) mass is 282 g/mol. The Bertz CT molecular complexity index is 469. The molecule has 2 unspecified atom stereocenters. The normalized spacial score (nSPS) is 14.9. The number of nitrogens with zero attached hydrogens (tertiary/aromatic N) is 1. The Kier molecular flexibility index (Phi) is 3.49.